The second kappa shape index (κ2) is 9.33. The first kappa shape index (κ1) is 17.4. The normalized spacial score (nSPS) is 12.5. The van der Waals surface area contributed by atoms with E-state index in [4.69, 9.17) is 5.41 Å². The van der Waals surface area contributed by atoms with Crippen LogP contribution in [0.1, 0.15) is 69.6 Å². The van der Waals surface area contributed by atoms with Gasteiger partial charge >= 0.3 is 0 Å². The van der Waals surface area contributed by atoms with Gasteiger partial charge in [0.15, 0.2) is 0 Å². The van der Waals surface area contributed by atoms with Crippen molar-refractivity contribution in [1.29, 1.82) is 5.41 Å². The summed E-state index contributed by atoms with van der Waals surface area (Å²) in [5.41, 5.74) is 4.10. The molecule has 0 spiro atoms. The lowest BCUT2D eigenvalue weighted by atomic mass is 9.92. The third kappa shape index (κ3) is 5.34. The lowest BCUT2D eigenvalue weighted by Gasteiger charge is -2.13. The lowest BCUT2D eigenvalue weighted by Crippen LogP contribution is -2.11. The Kier molecular flexibility index (Phi) is 7.74. The second-order valence-corrected chi connectivity index (χ2v) is 5.70. The average Bonchev–Trinajstić information content (AvgIpc) is 2.50. The van der Waals surface area contributed by atoms with E-state index in [9.17, 15) is 0 Å². The molecule has 1 aromatic carbocycles. The average molecular weight is 283 g/mol. The topological polar surface area (TPSA) is 23.9 Å². The van der Waals surface area contributed by atoms with Gasteiger partial charge in [0.2, 0.25) is 0 Å². The molecule has 0 heterocycles. The van der Waals surface area contributed by atoms with Gasteiger partial charge in [-0.05, 0) is 41.5 Å². The first-order valence-electron chi connectivity index (χ1n) is 8.15. The Morgan fingerprint density at radius 3 is 2.62 bits per heavy atom. The third-order valence-corrected chi connectivity index (χ3v) is 3.85. The van der Waals surface area contributed by atoms with Gasteiger partial charge < -0.3 is 5.41 Å². The molecule has 0 bridgehead atoms. The fourth-order valence-corrected chi connectivity index (χ4v) is 2.47. The van der Waals surface area contributed by atoms with Crippen molar-refractivity contribution in [2.45, 2.75) is 52.9 Å². The molecule has 0 aliphatic rings. The summed E-state index contributed by atoms with van der Waals surface area (Å²) in [6, 6.07) is 6.26. The Morgan fingerprint density at radius 2 is 2.00 bits per heavy atom. The van der Waals surface area contributed by atoms with Gasteiger partial charge in [-0.25, -0.2) is 0 Å². The standard InChI is InChI=1S/C20H29N/c1-5-8-9-10-12-18-15-19(14-13-17(18)7-3)20(21)16(4)11-6-2/h7,10,12-16,21H,3,5-6,8-9,11H2,1-2,4H3/b12-10-,21-20?/t16-/m0/s1. The van der Waals surface area contributed by atoms with Crippen LogP contribution in [0.3, 0.4) is 0 Å². The molecule has 0 radical (unpaired) electrons. The molecule has 0 aliphatic heterocycles. The summed E-state index contributed by atoms with van der Waals surface area (Å²) in [6.07, 6.45) is 12.1. The van der Waals surface area contributed by atoms with Crippen molar-refractivity contribution in [2.75, 3.05) is 0 Å². The highest BCUT2D eigenvalue weighted by Gasteiger charge is 2.11. The van der Waals surface area contributed by atoms with Gasteiger partial charge in [-0.3, -0.25) is 0 Å². The van der Waals surface area contributed by atoms with Crippen molar-refractivity contribution in [3.05, 3.63) is 47.5 Å². The summed E-state index contributed by atoms with van der Waals surface area (Å²) in [5, 5.41) is 8.36. The Balaban J connectivity index is 2.96. The molecule has 0 saturated heterocycles. The first-order valence-corrected chi connectivity index (χ1v) is 8.15. The van der Waals surface area contributed by atoms with Gasteiger partial charge in [0.1, 0.15) is 0 Å². The van der Waals surface area contributed by atoms with Crippen molar-refractivity contribution in [3.63, 3.8) is 0 Å². The molecule has 0 aromatic heterocycles. The van der Waals surface area contributed by atoms with Crippen LogP contribution in [-0.2, 0) is 0 Å². The minimum absolute atomic E-state index is 0.321. The van der Waals surface area contributed by atoms with Gasteiger partial charge in [-0.15, -0.1) is 0 Å². The summed E-state index contributed by atoms with van der Waals surface area (Å²) < 4.78 is 0. The van der Waals surface area contributed by atoms with Crippen LogP contribution in [0.25, 0.3) is 12.2 Å². The van der Waals surface area contributed by atoms with Gasteiger partial charge in [-0.2, -0.15) is 0 Å². The molecular formula is C20H29N. The number of rotatable bonds is 9. The van der Waals surface area contributed by atoms with Crippen LogP contribution in [-0.4, -0.2) is 5.71 Å². The highest BCUT2D eigenvalue weighted by atomic mass is 14.4. The number of benzene rings is 1. The fraction of sp³-hybridized carbons (Fsp3) is 0.450. The minimum atomic E-state index is 0.321. The molecule has 1 N–H and O–H groups in total. The molecule has 1 heteroatoms. The Morgan fingerprint density at radius 1 is 1.24 bits per heavy atom. The molecule has 114 valence electrons. The number of unbranched alkanes of at least 4 members (excludes halogenated alkanes) is 2. The van der Waals surface area contributed by atoms with Crippen LogP contribution in [0.2, 0.25) is 0 Å². The van der Waals surface area contributed by atoms with E-state index in [0.29, 0.717) is 5.92 Å². The van der Waals surface area contributed by atoms with E-state index in [1.807, 2.05) is 6.08 Å². The van der Waals surface area contributed by atoms with E-state index in [-0.39, 0.29) is 0 Å². The van der Waals surface area contributed by atoms with Crippen LogP contribution in [0, 0.1) is 11.3 Å². The maximum atomic E-state index is 8.36. The second-order valence-electron chi connectivity index (χ2n) is 5.70. The predicted molar refractivity (Wildman–Crippen MR) is 96.0 cm³/mol. The highest BCUT2D eigenvalue weighted by molar-refractivity contribution is 6.00. The maximum absolute atomic E-state index is 8.36. The minimum Gasteiger partial charge on any atom is -0.304 e. The van der Waals surface area contributed by atoms with Gasteiger partial charge in [0, 0.05) is 5.71 Å². The summed E-state index contributed by atoms with van der Waals surface area (Å²) in [6.45, 7) is 10.4. The molecule has 0 fully saturated rings. The van der Waals surface area contributed by atoms with Crippen LogP contribution < -0.4 is 0 Å². The number of hydrogen-bond donors (Lipinski definition) is 1. The molecule has 0 aliphatic carbocycles. The number of hydrogen-bond acceptors (Lipinski definition) is 1. The molecule has 0 amide bonds. The van der Waals surface area contributed by atoms with Gasteiger partial charge in [0.05, 0.1) is 0 Å². The van der Waals surface area contributed by atoms with E-state index in [2.05, 4.69) is 57.7 Å². The predicted octanol–water partition coefficient (Wildman–Crippen LogP) is 6.34. The molecule has 0 saturated carbocycles. The molecule has 1 aromatic rings. The summed E-state index contributed by atoms with van der Waals surface area (Å²) in [7, 11) is 0. The van der Waals surface area contributed by atoms with Crippen LogP contribution in [0.5, 0.6) is 0 Å². The summed E-state index contributed by atoms with van der Waals surface area (Å²) in [4.78, 5) is 0. The highest BCUT2D eigenvalue weighted by Crippen LogP contribution is 2.20. The van der Waals surface area contributed by atoms with Gasteiger partial charge in [0.25, 0.3) is 0 Å². The zero-order chi connectivity index (χ0) is 15.7. The SMILES string of the molecule is C=Cc1ccc(C(=N)[C@@H](C)CCC)cc1/C=C\CCCC. The zero-order valence-corrected chi connectivity index (χ0v) is 13.8. The fourth-order valence-electron chi connectivity index (χ4n) is 2.47. The summed E-state index contributed by atoms with van der Waals surface area (Å²) in [5.74, 6) is 0.321. The van der Waals surface area contributed by atoms with Crippen molar-refractivity contribution >= 4 is 17.9 Å². The smallest absolute Gasteiger partial charge is 0.0414 e. The number of nitrogens with one attached hydrogen (secondary N) is 1. The van der Waals surface area contributed by atoms with Crippen LogP contribution in [0.4, 0.5) is 0 Å². The lowest BCUT2D eigenvalue weighted by molar-refractivity contribution is 0.664. The quantitative estimate of drug-likeness (QED) is 0.404. The number of allylic oxidation sites excluding steroid dienone is 1. The van der Waals surface area contributed by atoms with Gasteiger partial charge in [-0.1, -0.05) is 77.0 Å². The third-order valence-electron chi connectivity index (χ3n) is 3.85. The van der Waals surface area contributed by atoms with Crippen molar-refractivity contribution < 1.29 is 0 Å². The maximum Gasteiger partial charge on any atom is 0.0414 e. The first-order chi connectivity index (χ1) is 10.1. The van der Waals surface area contributed by atoms with E-state index in [0.717, 1.165) is 36.1 Å². The Bertz CT molecular complexity index is 497. The molecular weight excluding hydrogens is 254 g/mol. The Hall–Kier alpha value is -1.63. The monoisotopic (exact) mass is 283 g/mol. The van der Waals surface area contributed by atoms with Crippen molar-refractivity contribution in [3.8, 4) is 0 Å². The van der Waals surface area contributed by atoms with Crippen LogP contribution >= 0.6 is 0 Å². The molecule has 1 atom stereocenters. The molecule has 21 heavy (non-hydrogen) atoms. The van der Waals surface area contributed by atoms with E-state index < -0.39 is 0 Å². The molecule has 1 rings (SSSR count). The van der Waals surface area contributed by atoms with Crippen molar-refractivity contribution in [1.82, 2.24) is 0 Å². The van der Waals surface area contributed by atoms with Crippen LogP contribution in [0.15, 0.2) is 30.9 Å². The van der Waals surface area contributed by atoms with E-state index in [1.54, 1.807) is 0 Å². The zero-order valence-electron chi connectivity index (χ0n) is 13.8. The van der Waals surface area contributed by atoms with Crippen molar-refractivity contribution in [2.24, 2.45) is 5.92 Å². The van der Waals surface area contributed by atoms with E-state index in [1.165, 1.54) is 18.4 Å². The summed E-state index contributed by atoms with van der Waals surface area (Å²) >= 11 is 0. The van der Waals surface area contributed by atoms with E-state index >= 15 is 0 Å². The largest absolute Gasteiger partial charge is 0.304 e. The Labute approximate surface area is 130 Å². The molecule has 0 unspecified atom stereocenters. The molecule has 1 nitrogen and oxygen atoms in total.